The zero-order valence-corrected chi connectivity index (χ0v) is 13.8. The fourth-order valence-corrected chi connectivity index (χ4v) is 3.14. The van der Waals surface area contributed by atoms with Gasteiger partial charge in [0.15, 0.2) is 0 Å². The van der Waals surface area contributed by atoms with Gasteiger partial charge in [0.05, 0.1) is 0 Å². The summed E-state index contributed by atoms with van der Waals surface area (Å²) < 4.78 is 0. The fourth-order valence-electron chi connectivity index (χ4n) is 3.14. The third-order valence-corrected chi connectivity index (χ3v) is 4.34. The highest BCUT2D eigenvalue weighted by atomic mass is 16.1. The van der Waals surface area contributed by atoms with E-state index in [0.29, 0.717) is 12.6 Å². The molecule has 0 aliphatic carbocycles. The number of nitrogens with one attached hydrogen (secondary N) is 1. The summed E-state index contributed by atoms with van der Waals surface area (Å²) in [6, 6.07) is 0.785. The molecule has 1 aliphatic rings. The Morgan fingerprint density at radius 1 is 1.45 bits per heavy atom. The first kappa shape index (κ1) is 17.4. The topological polar surface area (TPSA) is 61.6 Å². The largest absolute Gasteiger partial charge is 0.368 e. The third-order valence-electron chi connectivity index (χ3n) is 4.34. The van der Waals surface area contributed by atoms with Crippen LogP contribution in [0.4, 0.5) is 0 Å². The molecular formula is C15H32N4O. The summed E-state index contributed by atoms with van der Waals surface area (Å²) in [5.74, 6) is -0.274. The summed E-state index contributed by atoms with van der Waals surface area (Å²) in [5, 5.41) is 3.32. The number of amides is 1. The SMILES string of the molecule is CCN1CCC(N(C)CC(C)(NC(C)C)C(N)=O)CC1. The lowest BCUT2D eigenvalue weighted by atomic mass is 9.96. The number of nitrogens with zero attached hydrogens (tertiary/aromatic N) is 2. The van der Waals surface area contributed by atoms with Gasteiger partial charge in [0, 0.05) is 18.6 Å². The summed E-state index contributed by atoms with van der Waals surface area (Å²) in [5.41, 5.74) is 4.94. The molecule has 1 saturated heterocycles. The molecule has 1 unspecified atom stereocenters. The molecule has 3 N–H and O–H groups in total. The molecule has 1 aliphatic heterocycles. The molecule has 118 valence electrons. The van der Waals surface area contributed by atoms with Crippen LogP contribution in [0, 0.1) is 0 Å². The number of nitrogens with two attached hydrogens (primary N) is 1. The number of primary amides is 1. The summed E-state index contributed by atoms with van der Waals surface area (Å²) in [6.45, 7) is 12.3. The summed E-state index contributed by atoms with van der Waals surface area (Å²) in [4.78, 5) is 16.6. The van der Waals surface area contributed by atoms with E-state index in [0.717, 1.165) is 19.6 Å². The van der Waals surface area contributed by atoms with Crippen molar-refractivity contribution in [2.45, 2.75) is 58.2 Å². The van der Waals surface area contributed by atoms with Crippen molar-refractivity contribution in [2.75, 3.05) is 33.2 Å². The Bertz CT molecular complexity index is 313. The van der Waals surface area contributed by atoms with Crippen molar-refractivity contribution in [2.24, 2.45) is 5.73 Å². The molecule has 0 bridgehead atoms. The molecule has 20 heavy (non-hydrogen) atoms. The third kappa shape index (κ3) is 4.72. The zero-order valence-electron chi connectivity index (χ0n) is 13.8. The van der Waals surface area contributed by atoms with E-state index in [1.54, 1.807) is 0 Å². The number of hydrogen-bond donors (Lipinski definition) is 2. The second-order valence-corrected chi connectivity index (χ2v) is 6.58. The summed E-state index contributed by atoms with van der Waals surface area (Å²) in [7, 11) is 2.11. The number of hydrogen-bond acceptors (Lipinski definition) is 4. The van der Waals surface area contributed by atoms with Gasteiger partial charge in [-0.3, -0.25) is 4.79 Å². The first-order valence-corrected chi connectivity index (χ1v) is 7.78. The van der Waals surface area contributed by atoms with Crippen LogP contribution in [-0.2, 0) is 4.79 Å². The summed E-state index contributed by atoms with van der Waals surface area (Å²) >= 11 is 0. The molecule has 0 spiro atoms. The number of carbonyl (C=O) groups is 1. The van der Waals surface area contributed by atoms with Crippen LogP contribution < -0.4 is 11.1 Å². The lowest BCUT2D eigenvalue weighted by Gasteiger charge is -2.40. The van der Waals surface area contributed by atoms with E-state index in [1.807, 2.05) is 20.8 Å². The maximum atomic E-state index is 11.8. The predicted molar refractivity (Wildman–Crippen MR) is 83.6 cm³/mol. The maximum Gasteiger partial charge on any atom is 0.238 e. The molecular weight excluding hydrogens is 252 g/mol. The van der Waals surface area contributed by atoms with Gasteiger partial charge >= 0.3 is 0 Å². The van der Waals surface area contributed by atoms with Gasteiger partial charge < -0.3 is 20.9 Å². The fraction of sp³-hybridized carbons (Fsp3) is 0.933. The minimum atomic E-state index is -0.662. The average molecular weight is 284 g/mol. The number of likely N-dealkylation sites (N-methyl/N-ethyl adjacent to an activating group) is 1. The first-order chi connectivity index (χ1) is 9.28. The molecule has 1 amide bonds. The van der Waals surface area contributed by atoms with Gasteiger partial charge in [-0.15, -0.1) is 0 Å². The van der Waals surface area contributed by atoms with Gasteiger partial charge in [-0.2, -0.15) is 0 Å². The van der Waals surface area contributed by atoms with E-state index >= 15 is 0 Å². The van der Waals surface area contributed by atoms with Crippen LogP contribution in [0.25, 0.3) is 0 Å². The van der Waals surface area contributed by atoms with Crippen molar-refractivity contribution in [3.63, 3.8) is 0 Å². The minimum Gasteiger partial charge on any atom is -0.368 e. The normalized spacial score (nSPS) is 21.4. The van der Waals surface area contributed by atoms with Crippen molar-refractivity contribution >= 4 is 5.91 Å². The average Bonchev–Trinajstić information content (AvgIpc) is 2.37. The second kappa shape index (κ2) is 7.38. The Kier molecular flexibility index (Phi) is 6.43. The highest BCUT2D eigenvalue weighted by Crippen LogP contribution is 2.18. The molecule has 1 fully saturated rings. The van der Waals surface area contributed by atoms with Gasteiger partial charge in [0.2, 0.25) is 5.91 Å². The predicted octanol–water partition coefficient (Wildman–Crippen LogP) is 0.645. The Labute approximate surface area is 123 Å². The minimum absolute atomic E-state index is 0.239. The maximum absolute atomic E-state index is 11.8. The lowest BCUT2D eigenvalue weighted by molar-refractivity contribution is -0.125. The standard InChI is InChI=1S/C15H32N4O/c1-6-19-9-7-13(8-10-19)18(5)11-15(4,14(16)20)17-12(2)3/h12-13,17H,6-11H2,1-5H3,(H2,16,20). The Hall–Kier alpha value is -0.650. The molecule has 5 heteroatoms. The Morgan fingerprint density at radius 3 is 2.40 bits per heavy atom. The van der Waals surface area contributed by atoms with Crippen molar-refractivity contribution in [1.29, 1.82) is 0 Å². The second-order valence-electron chi connectivity index (χ2n) is 6.58. The molecule has 0 aromatic rings. The Morgan fingerprint density at radius 2 is 2.00 bits per heavy atom. The number of carbonyl (C=O) groups excluding carboxylic acids is 1. The van der Waals surface area contributed by atoms with Crippen LogP contribution >= 0.6 is 0 Å². The first-order valence-electron chi connectivity index (χ1n) is 7.78. The highest BCUT2D eigenvalue weighted by Gasteiger charge is 2.35. The van der Waals surface area contributed by atoms with Crippen LogP contribution in [0.3, 0.4) is 0 Å². The van der Waals surface area contributed by atoms with E-state index in [-0.39, 0.29) is 11.9 Å². The number of rotatable bonds is 7. The van der Waals surface area contributed by atoms with Gasteiger partial charge in [-0.05, 0) is 60.3 Å². The monoisotopic (exact) mass is 284 g/mol. The molecule has 0 aromatic carbocycles. The molecule has 0 radical (unpaired) electrons. The van der Waals surface area contributed by atoms with E-state index in [9.17, 15) is 4.79 Å². The van der Waals surface area contributed by atoms with Crippen LogP contribution in [0.15, 0.2) is 0 Å². The van der Waals surface area contributed by atoms with E-state index in [4.69, 9.17) is 5.73 Å². The molecule has 5 nitrogen and oxygen atoms in total. The van der Waals surface area contributed by atoms with Crippen molar-refractivity contribution in [1.82, 2.24) is 15.1 Å². The van der Waals surface area contributed by atoms with Gasteiger partial charge in [0.25, 0.3) is 0 Å². The smallest absolute Gasteiger partial charge is 0.238 e. The Balaban J connectivity index is 2.58. The highest BCUT2D eigenvalue weighted by molar-refractivity contribution is 5.84. The molecule has 1 heterocycles. The quantitative estimate of drug-likeness (QED) is 0.720. The van der Waals surface area contributed by atoms with Crippen molar-refractivity contribution in [3.8, 4) is 0 Å². The zero-order chi connectivity index (χ0) is 15.3. The summed E-state index contributed by atoms with van der Waals surface area (Å²) in [6.07, 6.45) is 2.34. The van der Waals surface area contributed by atoms with E-state index < -0.39 is 5.54 Å². The molecule has 1 rings (SSSR count). The number of piperidine rings is 1. The van der Waals surface area contributed by atoms with E-state index in [2.05, 4.69) is 29.1 Å². The molecule has 0 aromatic heterocycles. The van der Waals surface area contributed by atoms with Crippen LogP contribution in [0.1, 0.15) is 40.5 Å². The van der Waals surface area contributed by atoms with Gasteiger partial charge in [-0.1, -0.05) is 6.92 Å². The van der Waals surface area contributed by atoms with Crippen molar-refractivity contribution in [3.05, 3.63) is 0 Å². The van der Waals surface area contributed by atoms with Gasteiger partial charge in [0.1, 0.15) is 5.54 Å². The van der Waals surface area contributed by atoms with E-state index in [1.165, 1.54) is 12.8 Å². The van der Waals surface area contributed by atoms with Crippen LogP contribution in [-0.4, -0.2) is 66.6 Å². The number of likely N-dealkylation sites (tertiary alicyclic amines) is 1. The lowest BCUT2D eigenvalue weighted by Crippen LogP contribution is -2.62. The molecule has 0 saturated carbocycles. The van der Waals surface area contributed by atoms with Crippen LogP contribution in [0.2, 0.25) is 0 Å². The molecule has 1 atom stereocenters. The van der Waals surface area contributed by atoms with Crippen LogP contribution in [0.5, 0.6) is 0 Å². The van der Waals surface area contributed by atoms with Crippen molar-refractivity contribution < 1.29 is 4.79 Å². The van der Waals surface area contributed by atoms with Gasteiger partial charge in [-0.25, -0.2) is 0 Å².